The van der Waals surface area contributed by atoms with Crippen molar-refractivity contribution in [2.24, 2.45) is 5.73 Å². The third-order valence-electron chi connectivity index (χ3n) is 3.10. The monoisotopic (exact) mass is 295 g/mol. The van der Waals surface area contributed by atoms with E-state index in [9.17, 15) is 14.0 Å². The molecule has 0 aliphatic carbocycles. The zero-order valence-corrected chi connectivity index (χ0v) is 12.4. The Labute approximate surface area is 124 Å². The van der Waals surface area contributed by atoms with Gasteiger partial charge in [0.25, 0.3) is 5.91 Å². The van der Waals surface area contributed by atoms with Gasteiger partial charge in [-0.1, -0.05) is 25.5 Å². The number of benzene rings is 1. The smallest absolute Gasteiger partial charge is 0.254 e. The summed E-state index contributed by atoms with van der Waals surface area (Å²) in [7, 11) is 0. The van der Waals surface area contributed by atoms with Crippen molar-refractivity contribution in [1.29, 1.82) is 0 Å². The van der Waals surface area contributed by atoms with E-state index in [1.807, 2.05) is 6.92 Å². The van der Waals surface area contributed by atoms with E-state index in [1.54, 1.807) is 13.0 Å². The van der Waals surface area contributed by atoms with Gasteiger partial charge in [-0.25, -0.2) is 4.39 Å². The molecular formula is C15H22FN3O2. The standard InChI is InChI=1S/C15H22FN3O2/c1-3-8-15(2,17)14(21)19-10-9-18-13(20)11-6-4-5-7-12(11)16/h4-7H,3,8-10,17H2,1-2H3,(H,18,20)(H,19,21). The van der Waals surface area contributed by atoms with E-state index < -0.39 is 17.3 Å². The molecule has 4 N–H and O–H groups in total. The molecule has 21 heavy (non-hydrogen) atoms. The minimum Gasteiger partial charge on any atom is -0.353 e. The highest BCUT2D eigenvalue weighted by molar-refractivity contribution is 5.94. The van der Waals surface area contributed by atoms with Gasteiger partial charge in [0.1, 0.15) is 5.82 Å². The van der Waals surface area contributed by atoms with Crippen LogP contribution in [0.1, 0.15) is 37.0 Å². The molecule has 2 amide bonds. The van der Waals surface area contributed by atoms with Crippen molar-refractivity contribution in [3.8, 4) is 0 Å². The van der Waals surface area contributed by atoms with E-state index in [-0.39, 0.29) is 24.6 Å². The van der Waals surface area contributed by atoms with Crippen LogP contribution in [0.25, 0.3) is 0 Å². The van der Waals surface area contributed by atoms with Gasteiger partial charge >= 0.3 is 0 Å². The van der Waals surface area contributed by atoms with Crippen molar-refractivity contribution in [1.82, 2.24) is 10.6 Å². The fourth-order valence-corrected chi connectivity index (χ4v) is 1.93. The Morgan fingerprint density at radius 1 is 1.24 bits per heavy atom. The first kappa shape index (κ1) is 17.1. The number of hydrogen-bond donors (Lipinski definition) is 3. The molecule has 0 bridgehead atoms. The summed E-state index contributed by atoms with van der Waals surface area (Å²) in [4.78, 5) is 23.5. The van der Waals surface area contributed by atoms with Gasteiger partial charge in [-0.05, 0) is 25.5 Å². The highest BCUT2D eigenvalue weighted by Crippen LogP contribution is 2.08. The molecule has 1 atom stereocenters. The second-order valence-electron chi connectivity index (χ2n) is 5.16. The number of halogens is 1. The number of rotatable bonds is 7. The summed E-state index contributed by atoms with van der Waals surface area (Å²) in [5.41, 5.74) is 4.95. The largest absolute Gasteiger partial charge is 0.353 e. The van der Waals surface area contributed by atoms with Crippen LogP contribution in [-0.2, 0) is 4.79 Å². The van der Waals surface area contributed by atoms with E-state index in [0.29, 0.717) is 6.42 Å². The molecule has 1 rings (SSSR count). The summed E-state index contributed by atoms with van der Waals surface area (Å²) in [5, 5.41) is 5.20. The minimum absolute atomic E-state index is 0.0153. The van der Waals surface area contributed by atoms with Crippen LogP contribution in [0.2, 0.25) is 0 Å². The Hall–Kier alpha value is -1.95. The van der Waals surface area contributed by atoms with E-state index in [4.69, 9.17) is 5.73 Å². The SMILES string of the molecule is CCCC(C)(N)C(=O)NCCNC(=O)c1ccccc1F. The predicted molar refractivity (Wildman–Crippen MR) is 79.2 cm³/mol. The van der Waals surface area contributed by atoms with Crippen molar-refractivity contribution in [3.05, 3.63) is 35.6 Å². The van der Waals surface area contributed by atoms with Crippen molar-refractivity contribution >= 4 is 11.8 Å². The maximum Gasteiger partial charge on any atom is 0.254 e. The van der Waals surface area contributed by atoms with Crippen LogP contribution < -0.4 is 16.4 Å². The van der Waals surface area contributed by atoms with Gasteiger partial charge in [0, 0.05) is 13.1 Å². The number of carbonyl (C=O) groups excluding carboxylic acids is 2. The number of nitrogens with one attached hydrogen (secondary N) is 2. The Morgan fingerprint density at radius 3 is 2.48 bits per heavy atom. The first-order valence-corrected chi connectivity index (χ1v) is 6.98. The van der Waals surface area contributed by atoms with Gasteiger partial charge in [-0.2, -0.15) is 0 Å². The molecule has 0 aliphatic rings. The number of amides is 2. The Balaban J connectivity index is 2.36. The van der Waals surface area contributed by atoms with Gasteiger partial charge in [0.15, 0.2) is 0 Å². The van der Waals surface area contributed by atoms with Crippen LogP contribution in [0.3, 0.4) is 0 Å². The first-order chi connectivity index (χ1) is 9.88. The Bertz CT molecular complexity index is 503. The lowest BCUT2D eigenvalue weighted by molar-refractivity contribution is -0.126. The van der Waals surface area contributed by atoms with Crippen LogP contribution in [0.15, 0.2) is 24.3 Å². The fourth-order valence-electron chi connectivity index (χ4n) is 1.93. The third-order valence-corrected chi connectivity index (χ3v) is 3.10. The van der Waals surface area contributed by atoms with Crippen molar-refractivity contribution < 1.29 is 14.0 Å². The number of carbonyl (C=O) groups is 2. The summed E-state index contributed by atoms with van der Waals surface area (Å²) in [6, 6.07) is 5.73. The van der Waals surface area contributed by atoms with Gasteiger partial charge in [0.05, 0.1) is 11.1 Å². The average molecular weight is 295 g/mol. The second kappa shape index (κ2) is 7.73. The molecule has 116 valence electrons. The molecule has 0 spiro atoms. The van der Waals surface area contributed by atoms with Crippen molar-refractivity contribution in [3.63, 3.8) is 0 Å². The molecule has 0 aromatic heterocycles. The first-order valence-electron chi connectivity index (χ1n) is 6.98. The Kier molecular flexibility index (Phi) is 6.30. The minimum atomic E-state index is -0.912. The number of nitrogens with two attached hydrogens (primary N) is 1. The van der Waals surface area contributed by atoms with Gasteiger partial charge in [-0.15, -0.1) is 0 Å². The molecule has 1 aromatic rings. The lowest BCUT2D eigenvalue weighted by Crippen LogP contribution is -2.52. The molecule has 0 heterocycles. The Morgan fingerprint density at radius 2 is 1.86 bits per heavy atom. The zero-order valence-electron chi connectivity index (χ0n) is 12.4. The summed E-state index contributed by atoms with van der Waals surface area (Å²) in [5.74, 6) is -1.34. The third kappa shape index (κ3) is 5.15. The predicted octanol–water partition coefficient (Wildman–Crippen LogP) is 1.19. The lowest BCUT2D eigenvalue weighted by Gasteiger charge is -2.22. The highest BCUT2D eigenvalue weighted by atomic mass is 19.1. The van der Waals surface area contributed by atoms with Crippen molar-refractivity contribution in [2.75, 3.05) is 13.1 Å². The molecule has 0 fully saturated rings. The fraction of sp³-hybridized carbons (Fsp3) is 0.467. The van der Waals surface area contributed by atoms with Gasteiger partial charge in [0.2, 0.25) is 5.91 Å². The second-order valence-corrected chi connectivity index (χ2v) is 5.16. The summed E-state index contributed by atoms with van der Waals surface area (Å²) in [6.07, 6.45) is 1.39. The van der Waals surface area contributed by atoms with E-state index in [1.165, 1.54) is 18.2 Å². The van der Waals surface area contributed by atoms with Crippen LogP contribution >= 0.6 is 0 Å². The molecular weight excluding hydrogens is 273 g/mol. The average Bonchev–Trinajstić information content (AvgIpc) is 2.43. The molecule has 0 saturated heterocycles. The maximum atomic E-state index is 13.4. The quantitative estimate of drug-likeness (QED) is 0.661. The molecule has 5 nitrogen and oxygen atoms in total. The summed E-state index contributed by atoms with van der Waals surface area (Å²) in [6.45, 7) is 4.08. The molecule has 0 aliphatic heterocycles. The van der Waals surface area contributed by atoms with E-state index in [2.05, 4.69) is 10.6 Å². The van der Waals surface area contributed by atoms with Gasteiger partial charge in [-0.3, -0.25) is 9.59 Å². The molecule has 6 heteroatoms. The van der Waals surface area contributed by atoms with Crippen LogP contribution in [0, 0.1) is 5.82 Å². The summed E-state index contributed by atoms with van der Waals surface area (Å²) < 4.78 is 13.4. The lowest BCUT2D eigenvalue weighted by atomic mass is 9.97. The number of hydrogen-bond acceptors (Lipinski definition) is 3. The normalized spacial score (nSPS) is 13.3. The molecule has 1 aromatic carbocycles. The molecule has 0 radical (unpaired) electrons. The van der Waals surface area contributed by atoms with E-state index >= 15 is 0 Å². The maximum absolute atomic E-state index is 13.4. The van der Waals surface area contributed by atoms with Crippen LogP contribution in [0.4, 0.5) is 4.39 Å². The zero-order chi connectivity index (χ0) is 15.9. The van der Waals surface area contributed by atoms with Crippen LogP contribution in [-0.4, -0.2) is 30.4 Å². The van der Waals surface area contributed by atoms with E-state index in [0.717, 1.165) is 6.42 Å². The highest BCUT2D eigenvalue weighted by Gasteiger charge is 2.26. The van der Waals surface area contributed by atoms with Gasteiger partial charge < -0.3 is 16.4 Å². The topological polar surface area (TPSA) is 84.2 Å². The van der Waals surface area contributed by atoms with Crippen LogP contribution in [0.5, 0.6) is 0 Å². The molecule has 1 unspecified atom stereocenters. The molecule has 0 saturated carbocycles. The van der Waals surface area contributed by atoms with Crippen molar-refractivity contribution in [2.45, 2.75) is 32.2 Å². The summed E-state index contributed by atoms with van der Waals surface area (Å²) >= 11 is 0.